The van der Waals surface area contributed by atoms with Crippen LogP contribution in [0.1, 0.15) is 22.5 Å². The fourth-order valence-corrected chi connectivity index (χ4v) is 1.17. The highest BCUT2D eigenvalue weighted by Gasteiger charge is 2.25. The van der Waals surface area contributed by atoms with Crippen LogP contribution >= 0.6 is 11.6 Å². The Kier molecular flexibility index (Phi) is 3.41. The monoisotopic (exact) mass is 237 g/mol. The molecule has 15 heavy (non-hydrogen) atoms. The first kappa shape index (κ1) is 11.6. The van der Waals surface area contributed by atoms with E-state index in [1.54, 1.807) is 0 Å². The topological polar surface area (TPSA) is 59.4 Å². The minimum atomic E-state index is -3.02. The Hall–Kier alpha value is -1.43. The molecule has 1 heterocycles. The molecule has 0 spiro atoms. The first-order valence-corrected chi connectivity index (χ1v) is 4.10. The number of esters is 1. The van der Waals surface area contributed by atoms with Crippen LogP contribution in [0.5, 0.6) is 5.75 Å². The molecule has 0 amide bonds. The maximum atomic E-state index is 12.5. The number of nitrogens with zero attached hydrogens (tertiary/aromatic N) is 1. The van der Waals surface area contributed by atoms with Gasteiger partial charge in [-0.1, -0.05) is 11.6 Å². The average molecular weight is 238 g/mol. The van der Waals surface area contributed by atoms with E-state index in [4.69, 9.17) is 16.7 Å². The van der Waals surface area contributed by atoms with Crippen LogP contribution in [-0.2, 0) is 4.74 Å². The van der Waals surface area contributed by atoms with Crippen molar-refractivity contribution in [1.29, 1.82) is 0 Å². The molecule has 1 N–H and O–H groups in total. The summed E-state index contributed by atoms with van der Waals surface area (Å²) in [6, 6.07) is 0. The zero-order valence-corrected chi connectivity index (χ0v) is 8.26. The third-order valence-corrected chi connectivity index (χ3v) is 2.03. The SMILES string of the molecule is COC(=O)c1ncc(O)c(Cl)c1C(F)F. The van der Waals surface area contributed by atoms with Gasteiger partial charge in [0, 0.05) is 0 Å². The fraction of sp³-hybridized carbons (Fsp3) is 0.250. The van der Waals surface area contributed by atoms with Crippen LogP contribution in [0.25, 0.3) is 0 Å². The molecule has 0 aliphatic rings. The summed E-state index contributed by atoms with van der Waals surface area (Å²) < 4.78 is 29.3. The number of methoxy groups -OCH3 is 1. The standard InChI is InChI=1S/C8H6ClF2NO3/c1-15-8(14)6-4(7(10)11)5(9)3(13)2-12-6/h2,7,13H,1H3. The van der Waals surface area contributed by atoms with Crippen LogP contribution in [0.4, 0.5) is 8.78 Å². The summed E-state index contributed by atoms with van der Waals surface area (Å²) in [4.78, 5) is 14.4. The van der Waals surface area contributed by atoms with Gasteiger partial charge in [0.1, 0.15) is 0 Å². The Bertz CT molecular complexity index is 398. The molecule has 0 radical (unpaired) electrons. The van der Waals surface area contributed by atoms with Crippen LogP contribution < -0.4 is 0 Å². The van der Waals surface area contributed by atoms with Gasteiger partial charge in [0.25, 0.3) is 6.43 Å². The van der Waals surface area contributed by atoms with E-state index in [1.165, 1.54) is 0 Å². The summed E-state index contributed by atoms with van der Waals surface area (Å²) in [6.07, 6.45) is -2.22. The second kappa shape index (κ2) is 4.39. The van der Waals surface area contributed by atoms with E-state index >= 15 is 0 Å². The molecule has 0 saturated heterocycles. The van der Waals surface area contributed by atoms with Gasteiger partial charge in [-0.05, 0) is 0 Å². The summed E-state index contributed by atoms with van der Waals surface area (Å²) >= 11 is 5.42. The van der Waals surface area contributed by atoms with Crippen molar-refractivity contribution >= 4 is 17.6 Å². The molecule has 0 atom stereocenters. The van der Waals surface area contributed by atoms with Gasteiger partial charge in [0.2, 0.25) is 0 Å². The van der Waals surface area contributed by atoms with Crippen LogP contribution in [0.15, 0.2) is 6.20 Å². The minimum absolute atomic E-state index is 0.597. The summed E-state index contributed by atoms with van der Waals surface area (Å²) in [5.41, 5.74) is -1.43. The molecule has 82 valence electrons. The van der Waals surface area contributed by atoms with Crippen molar-refractivity contribution in [3.8, 4) is 5.75 Å². The van der Waals surface area contributed by atoms with Crippen LogP contribution in [0.2, 0.25) is 5.02 Å². The third-order valence-electron chi connectivity index (χ3n) is 1.63. The van der Waals surface area contributed by atoms with E-state index in [0.29, 0.717) is 0 Å². The Labute approximate surface area is 88.4 Å². The molecule has 4 nitrogen and oxygen atoms in total. The predicted octanol–water partition coefficient (Wildman–Crippen LogP) is 2.16. The van der Waals surface area contributed by atoms with Crippen molar-refractivity contribution in [3.05, 3.63) is 22.5 Å². The van der Waals surface area contributed by atoms with Crippen molar-refractivity contribution < 1.29 is 23.4 Å². The highest BCUT2D eigenvalue weighted by atomic mass is 35.5. The quantitative estimate of drug-likeness (QED) is 0.801. The maximum absolute atomic E-state index is 12.5. The van der Waals surface area contributed by atoms with Crippen molar-refractivity contribution in [2.24, 2.45) is 0 Å². The predicted molar refractivity (Wildman–Crippen MR) is 47.2 cm³/mol. The summed E-state index contributed by atoms with van der Waals surface area (Å²) in [5, 5.41) is 8.45. The normalized spacial score (nSPS) is 10.5. The summed E-state index contributed by atoms with van der Waals surface area (Å²) in [5.74, 6) is -1.65. The van der Waals surface area contributed by atoms with Crippen LogP contribution in [0.3, 0.4) is 0 Å². The van der Waals surface area contributed by atoms with E-state index in [1.807, 2.05) is 0 Å². The zero-order chi connectivity index (χ0) is 11.6. The first-order valence-electron chi connectivity index (χ1n) is 3.72. The number of carbonyl (C=O) groups excluding carboxylic acids is 1. The Morgan fingerprint density at radius 1 is 1.67 bits per heavy atom. The number of hydrogen-bond acceptors (Lipinski definition) is 4. The number of hydrogen-bond donors (Lipinski definition) is 1. The number of aromatic hydroxyl groups is 1. The number of halogens is 3. The Balaban J connectivity index is 3.40. The molecule has 1 aromatic rings. The molecule has 0 bridgehead atoms. The molecular weight excluding hydrogens is 232 g/mol. The van der Waals surface area contributed by atoms with Gasteiger partial charge in [0.15, 0.2) is 11.4 Å². The molecule has 0 aliphatic heterocycles. The molecule has 0 unspecified atom stereocenters. The number of pyridine rings is 1. The highest BCUT2D eigenvalue weighted by molar-refractivity contribution is 6.33. The van der Waals surface area contributed by atoms with E-state index in [0.717, 1.165) is 13.3 Å². The van der Waals surface area contributed by atoms with E-state index < -0.39 is 34.4 Å². The van der Waals surface area contributed by atoms with Gasteiger partial charge < -0.3 is 9.84 Å². The van der Waals surface area contributed by atoms with Crippen LogP contribution in [0, 0.1) is 0 Å². The molecule has 1 rings (SSSR count). The molecule has 7 heteroatoms. The summed E-state index contributed by atoms with van der Waals surface area (Å²) in [6.45, 7) is 0. The van der Waals surface area contributed by atoms with E-state index in [2.05, 4.69) is 9.72 Å². The van der Waals surface area contributed by atoms with Gasteiger partial charge >= 0.3 is 5.97 Å². The highest BCUT2D eigenvalue weighted by Crippen LogP contribution is 2.35. The number of alkyl halides is 2. The lowest BCUT2D eigenvalue weighted by atomic mass is 10.2. The second-order valence-electron chi connectivity index (χ2n) is 2.51. The number of ether oxygens (including phenoxy) is 1. The molecule has 0 fully saturated rings. The van der Waals surface area contributed by atoms with Gasteiger partial charge in [-0.25, -0.2) is 18.6 Å². The first-order chi connectivity index (χ1) is 6.99. The van der Waals surface area contributed by atoms with E-state index in [9.17, 15) is 13.6 Å². The van der Waals surface area contributed by atoms with Crippen molar-refractivity contribution in [1.82, 2.24) is 4.98 Å². The number of aromatic nitrogens is 1. The largest absolute Gasteiger partial charge is 0.505 e. The van der Waals surface area contributed by atoms with Crippen molar-refractivity contribution in [3.63, 3.8) is 0 Å². The van der Waals surface area contributed by atoms with Gasteiger partial charge in [-0.15, -0.1) is 0 Å². The Morgan fingerprint density at radius 3 is 2.73 bits per heavy atom. The molecule has 0 aliphatic carbocycles. The van der Waals surface area contributed by atoms with Gasteiger partial charge in [0.05, 0.1) is 23.9 Å². The molecule has 1 aromatic heterocycles. The van der Waals surface area contributed by atoms with Crippen molar-refractivity contribution in [2.45, 2.75) is 6.43 Å². The smallest absolute Gasteiger partial charge is 0.357 e. The number of rotatable bonds is 2. The second-order valence-corrected chi connectivity index (χ2v) is 2.89. The molecular formula is C8H6ClF2NO3. The van der Waals surface area contributed by atoms with Gasteiger partial charge in [-0.2, -0.15) is 0 Å². The average Bonchev–Trinajstić information content (AvgIpc) is 2.20. The van der Waals surface area contributed by atoms with Gasteiger partial charge in [-0.3, -0.25) is 0 Å². The minimum Gasteiger partial charge on any atom is -0.505 e. The lowest BCUT2D eigenvalue weighted by Gasteiger charge is -2.08. The van der Waals surface area contributed by atoms with E-state index in [-0.39, 0.29) is 0 Å². The number of carbonyl (C=O) groups is 1. The lowest BCUT2D eigenvalue weighted by Crippen LogP contribution is -2.09. The Morgan fingerprint density at radius 2 is 2.27 bits per heavy atom. The maximum Gasteiger partial charge on any atom is 0.357 e. The van der Waals surface area contributed by atoms with Crippen LogP contribution in [-0.4, -0.2) is 23.2 Å². The lowest BCUT2D eigenvalue weighted by molar-refractivity contribution is 0.0581. The summed E-state index contributed by atoms with van der Waals surface area (Å²) in [7, 11) is 1.03. The third kappa shape index (κ3) is 2.15. The van der Waals surface area contributed by atoms with Crippen molar-refractivity contribution in [2.75, 3.05) is 7.11 Å². The molecule has 0 saturated carbocycles. The molecule has 0 aromatic carbocycles. The fourth-order valence-electron chi connectivity index (χ4n) is 0.952. The zero-order valence-electron chi connectivity index (χ0n) is 7.50.